The average molecular weight is 684 g/mol. The lowest BCUT2D eigenvalue weighted by molar-refractivity contribution is -0.565. The van der Waals surface area contributed by atoms with E-state index in [1.807, 2.05) is 12.2 Å². The van der Waals surface area contributed by atoms with E-state index in [0.29, 0.717) is 13.1 Å². The molecule has 2 N–H and O–H groups in total. The molecule has 2 aliphatic carbocycles. The number of allylic oxidation sites excluding steroid dienone is 6. The Bertz CT molecular complexity index is 2060. The van der Waals surface area contributed by atoms with Gasteiger partial charge in [0.25, 0.3) is 0 Å². The van der Waals surface area contributed by atoms with Gasteiger partial charge in [-0.1, -0.05) is 98.8 Å². The zero-order valence-corrected chi connectivity index (χ0v) is 30.1. The Morgan fingerprint density at radius 1 is 0.902 bits per heavy atom. The van der Waals surface area contributed by atoms with Gasteiger partial charge in [-0.3, -0.25) is 9.59 Å². The van der Waals surface area contributed by atoms with Crippen molar-refractivity contribution in [3.8, 4) is 11.1 Å². The van der Waals surface area contributed by atoms with Crippen LogP contribution in [0.2, 0.25) is 0 Å². The van der Waals surface area contributed by atoms with Crippen LogP contribution in [0.15, 0.2) is 103 Å². The minimum Gasteiger partial charge on any atom is -0.481 e. The molecule has 0 aromatic heterocycles. The van der Waals surface area contributed by atoms with Gasteiger partial charge in [-0.2, -0.15) is 0 Å². The molecule has 3 aromatic carbocycles. The maximum Gasteiger partial charge on any atom is 0.309 e. The van der Waals surface area contributed by atoms with Crippen molar-refractivity contribution in [3.63, 3.8) is 0 Å². The Kier molecular flexibility index (Phi) is 8.96. The molecule has 3 aromatic rings. The summed E-state index contributed by atoms with van der Waals surface area (Å²) in [4.78, 5) is 25.8. The first kappa shape index (κ1) is 34.4. The molecular formula is C44H47N2O5+. The average Bonchev–Trinajstić information content (AvgIpc) is 3.47. The van der Waals surface area contributed by atoms with Crippen LogP contribution in [0.25, 0.3) is 17.2 Å². The zero-order chi connectivity index (χ0) is 36.1. The number of ether oxygens (including phenoxy) is 1. The molecule has 7 heteroatoms. The Hall–Kier alpha value is -5.01. The van der Waals surface area contributed by atoms with Crippen LogP contribution in [-0.2, 0) is 26.2 Å². The molecule has 7 nitrogen and oxygen atoms in total. The molecule has 4 aliphatic rings. The SMILES string of the molecule is COC1C=Cc2ccc3c(c2C1)C(C)(C)/C(=C/C=C/C=C/C1=[N+](CCC(=O)O)C2c4ccccc4-c4ccccc4C2C1(C)C)N3CCC(=O)O. The first-order valence-electron chi connectivity index (χ1n) is 17.9. The van der Waals surface area contributed by atoms with Crippen molar-refractivity contribution in [3.05, 3.63) is 131 Å². The normalized spacial score (nSPS) is 23.0. The van der Waals surface area contributed by atoms with Crippen molar-refractivity contribution >= 4 is 29.4 Å². The number of hydrogen-bond acceptors (Lipinski definition) is 4. The molecule has 2 aliphatic heterocycles. The molecule has 0 spiro atoms. The third-order valence-electron chi connectivity index (χ3n) is 11.5. The number of carbonyl (C=O) groups is 2. The standard InChI is InChI=1S/C44H46N2O5/c1-43(2)36(45(25-23-38(47)48)35-22-20-28-19-21-29(51-5)27-34(28)40(35)43)17-7-6-8-18-37-44(3,4)41-32-15-11-9-13-30(32)31-14-10-12-16-33(31)42(41)46(37)26-24-39(49)50/h6-22,29,41-42H,23-27H2,1-5H3,(H-,47,48,49,50)/p+1. The Balaban J connectivity index is 1.26. The van der Waals surface area contributed by atoms with E-state index >= 15 is 0 Å². The van der Waals surface area contributed by atoms with Crippen LogP contribution >= 0.6 is 0 Å². The minimum atomic E-state index is -0.825. The van der Waals surface area contributed by atoms with Gasteiger partial charge in [0, 0.05) is 48.5 Å². The summed E-state index contributed by atoms with van der Waals surface area (Å²) in [5.41, 5.74) is 11.3. The van der Waals surface area contributed by atoms with Crippen LogP contribution in [0.1, 0.15) is 80.3 Å². The molecule has 3 atom stereocenters. The number of benzene rings is 3. The van der Waals surface area contributed by atoms with Gasteiger partial charge in [-0.05, 0) is 59.4 Å². The van der Waals surface area contributed by atoms with Crippen LogP contribution in [-0.4, -0.2) is 58.7 Å². The summed E-state index contributed by atoms with van der Waals surface area (Å²) in [6, 6.07) is 21.5. The molecule has 0 saturated heterocycles. The van der Waals surface area contributed by atoms with Gasteiger partial charge < -0.3 is 19.8 Å². The molecule has 0 bridgehead atoms. The van der Waals surface area contributed by atoms with E-state index in [-0.39, 0.29) is 41.7 Å². The highest BCUT2D eigenvalue weighted by molar-refractivity contribution is 5.98. The number of methoxy groups -OCH3 is 1. The Morgan fingerprint density at radius 3 is 2.29 bits per heavy atom. The van der Waals surface area contributed by atoms with Gasteiger partial charge >= 0.3 is 11.9 Å². The van der Waals surface area contributed by atoms with Gasteiger partial charge in [0.2, 0.25) is 0 Å². The Morgan fingerprint density at radius 2 is 1.59 bits per heavy atom. The fourth-order valence-corrected chi connectivity index (χ4v) is 9.25. The summed E-state index contributed by atoms with van der Waals surface area (Å²) < 4.78 is 8.04. The van der Waals surface area contributed by atoms with Gasteiger partial charge in [0.05, 0.1) is 23.9 Å². The first-order chi connectivity index (χ1) is 24.4. The van der Waals surface area contributed by atoms with E-state index in [1.165, 1.54) is 38.9 Å². The lowest BCUT2D eigenvalue weighted by atomic mass is 9.65. The Labute approximate surface area is 300 Å². The maximum absolute atomic E-state index is 11.9. The largest absolute Gasteiger partial charge is 0.481 e. The summed E-state index contributed by atoms with van der Waals surface area (Å²) in [5.74, 6) is -1.48. The molecule has 0 fully saturated rings. The lowest BCUT2D eigenvalue weighted by Crippen LogP contribution is -2.29. The highest BCUT2D eigenvalue weighted by Crippen LogP contribution is 2.58. The molecule has 51 heavy (non-hydrogen) atoms. The summed E-state index contributed by atoms with van der Waals surface area (Å²) >= 11 is 0. The number of carboxylic acids is 2. The predicted molar refractivity (Wildman–Crippen MR) is 202 cm³/mol. The fraction of sp³-hybridized carbons (Fsp3) is 0.341. The summed E-state index contributed by atoms with van der Waals surface area (Å²) in [6.45, 7) is 9.79. The number of anilines is 1. The maximum atomic E-state index is 11.9. The molecule has 3 unspecified atom stereocenters. The number of carboxylic acid groups (broad SMARTS) is 2. The van der Waals surface area contributed by atoms with Gasteiger partial charge in [0.1, 0.15) is 6.42 Å². The summed E-state index contributed by atoms with van der Waals surface area (Å²) in [6.07, 6.45) is 15.5. The summed E-state index contributed by atoms with van der Waals surface area (Å²) in [5, 5.41) is 19.4. The number of aliphatic carboxylic acids is 2. The highest BCUT2D eigenvalue weighted by atomic mass is 16.5. The van der Waals surface area contributed by atoms with Crippen LogP contribution in [0.3, 0.4) is 0 Å². The van der Waals surface area contributed by atoms with Crippen LogP contribution < -0.4 is 4.90 Å². The van der Waals surface area contributed by atoms with E-state index in [0.717, 1.165) is 23.5 Å². The number of rotatable bonds is 10. The minimum absolute atomic E-state index is 0.00326. The lowest BCUT2D eigenvalue weighted by Gasteiger charge is -2.34. The predicted octanol–water partition coefficient (Wildman–Crippen LogP) is 8.31. The number of nitrogens with zero attached hydrogens (tertiary/aromatic N) is 2. The van der Waals surface area contributed by atoms with E-state index in [4.69, 9.17) is 4.74 Å². The van der Waals surface area contributed by atoms with Crippen molar-refractivity contribution in [1.82, 2.24) is 0 Å². The number of fused-ring (bicyclic) bond motifs is 9. The number of hydrogen-bond donors (Lipinski definition) is 2. The van der Waals surface area contributed by atoms with Crippen molar-refractivity contribution in [1.29, 1.82) is 0 Å². The summed E-state index contributed by atoms with van der Waals surface area (Å²) in [7, 11) is 1.74. The fourth-order valence-electron chi connectivity index (χ4n) is 9.25. The van der Waals surface area contributed by atoms with Gasteiger partial charge in [-0.15, -0.1) is 0 Å². The van der Waals surface area contributed by atoms with Crippen molar-refractivity contribution in [2.75, 3.05) is 25.1 Å². The van der Waals surface area contributed by atoms with Crippen LogP contribution in [0.5, 0.6) is 0 Å². The molecule has 0 amide bonds. The molecule has 0 saturated carbocycles. The zero-order valence-electron chi connectivity index (χ0n) is 30.1. The van der Waals surface area contributed by atoms with Crippen molar-refractivity contribution < 1.29 is 29.1 Å². The molecule has 0 radical (unpaired) electrons. The monoisotopic (exact) mass is 683 g/mol. The molecule has 7 rings (SSSR count). The van der Waals surface area contributed by atoms with Crippen molar-refractivity contribution in [2.24, 2.45) is 5.41 Å². The topological polar surface area (TPSA) is 90.1 Å². The van der Waals surface area contributed by atoms with Crippen LogP contribution in [0.4, 0.5) is 5.69 Å². The van der Waals surface area contributed by atoms with Gasteiger partial charge in [0.15, 0.2) is 18.3 Å². The second kappa shape index (κ2) is 13.3. The third-order valence-corrected chi connectivity index (χ3v) is 11.5. The van der Waals surface area contributed by atoms with Crippen molar-refractivity contribution in [2.45, 2.75) is 70.4 Å². The smallest absolute Gasteiger partial charge is 0.309 e. The van der Waals surface area contributed by atoms with Crippen LogP contribution in [0, 0.1) is 5.41 Å². The van der Waals surface area contributed by atoms with E-state index in [1.54, 1.807) is 7.11 Å². The highest BCUT2D eigenvalue weighted by Gasteiger charge is 2.57. The van der Waals surface area contributed by atoms with E-state index in [2.05, 4.69) is 128 Å². The molecule has 2 heterocycles. The molecular weight excluding hydrogens is 636 g/mol. The van der Waals surface area contributed by atoms with Gasteiger partial charge in [-0.25, -0.2) is 4.58 Å². The van der Waals surface area contributed by atoms with E-state index < -0.39 is 11.9 Å². The third kappa shape index (κ3) is 5.87. The van der Waals surface area contributed by atoms with E-state index in [9.17, 15) is 19.8 Å². The quantitative estimate of drug-likeness (QED) is 0.165. The molecule has 262 valence electrons. The second-order valence-electron chi connectivity index (χ2n) is 15.1. The second-order valence-corrected chi connectivity index (χ2v) is 15.1. The first-order valence-corrected chi connectivity index (χ1v) is 17.9.